The summed E-state index contributed by atoms with van der Waals surface area (Å²) in [6.07, 6.45) is 3.46. The standard InChI is InChI=1S/C21H22ClN3O4S/c1-2-29-15-9-7-14(8-10-15)23-21(26)16-12-19-18(13-17(16)22)25-11-5-3-4-6-20(25)24-30(19,27)28/h7-10,12-13H,2-6,11H2,1H3,(H,23,26). The molecule has 2 aromatic carbocycles. The number of nitrogens with zero attached hydrogens (tertiary/aromatic N) is 2. The molecule has 0 spiro atoms. The number of ether oxygens (including phenoxy) is 1. The summed E-state index contributed by atoms with van der Waals surface area (Å²) in [6.45, 7) is 3.11. The fraction of sp³-hybridized carbons (Fsp3) is 0.333. The van der Waals surface area contributed by atoms with Crippen molar-refractivity contribution in [3.8, 4) is 5.75 Å². The van der Waals surface area contributed by atoms with Gasteiger partial charge in [0.25, 0.3) is 15.9 Å². The van der Waals surface area contributed by atoms with Crippen molar-refractivity contribution >= 4 is 44.7 Å². The van der Waals surface area contributed by atoms with Crippen molar-refractivity contribution in [1.29, 1.82) is 0 Å². The van der Waals surface area contributed by atoms with Gasteiger partial charge in [0, 0.05) is 18.7 Å². The number of amides is 1. The molecule has 4 rings (SSSR count). The van der Waals surface area contributed by atoms with Crippen LogP contribution in [-0.2, 0) is 10.0 Å². The predicted octanol–water partition coefficient (Wildman–Crippen LogP) is 4.47. The van der Waals surface area contributed by atoms with Crippen LogP contribution in [0.4, 0.5) is 11.4 Å². The number of benzene rings is 2. The Labute approximate surface area is 180 Å². The highest BCUT2D eigenvalue weighted by atomic mass is 35.5. The number of amidine groups is 1. The van der Waals surface area contributed by atoms with Gasteiger partial charge >= 0.3 is 0 Å². The fourth-order valence-corrected chi connectivity index (χ4v) is 5.18. The summed E-state index contributed by atoms with van der Waals surface area (Å²) < 4.78 is 35.0. The highest BCUT2D eigenvalue weighted by Crippen LogP contribution is 2.38. The van der Waals surface area contributed by atoms with Gasteiger partial charge in [0.1, 0.15) is 16.5 Å². The number of halogens is 1. The summed E-state index contributed by atoms with van der Waals surface area (Å²) in [5.41, 5.74) is 1.12. The van der Waals surface area contributed by atoms with Gasteiger partial charge in [-0.1, -0.05) is 18.0 Å². The molecule has 158 valence electrons. The molecule has 2 heterocycles. The first-order valence-corrected chi connectivity index (χ1v) is 11.7. The molecule has 0 atom stereocenters. The van der Waals surface area contributed by atoms with Crippen molar-refractivity contribution in [3.63, 3.8) is 0 Å². The molecular weight excluding hydrogens is 426 g/mol. The maximum absolute atomic E-state index is 12.8. The minimum absolute atomic E-state index is 0.00870. The fourth-order valence-electron chi connectivity index (χ4n) is 3.67. The van der Waals surface area contributed by atoms with Crippen LogP contribution in [0, 0.1) is 0 Å². The third-order valence-electron chi connectivity index (χ3n) is 5.10. The van der Waals surface area contributed by atoms with Gasteiger partial charge in [-0.3, -0.25) is 4.79 Å². The Balaban J connectivity index is 1.66. The lowest BCUT2D eigenvalue weighted by Crippen LogP contribution is -2.35. The Bertz CT molecular complexity index is 1110. The molecule has 2 aliphatic heterocycles. The Morgan fingerprint density at radius 2 is 1.97 bits per heavy atom. The van der Waals surface area contributed by atoms with Gasteiger partial charge in [0.2, 0.25) is 0 Å². The SMILES string of the molecule is CCOc1ccc(NC(=O)c2cc3c(cc2Cl)N2CCCCCC2=NS3(=O)=O)cc1. The lowest BCUT2D eigenvalue weighted by molar-refractivity contribution is 0.102. The maximum atomic E-state index is 12.8. The predicted molar refractivity (Wildman–Crippen MR) is 117 cm³/mol. The summed E-state index contributed by atoms with van der Waals surface area (Å²) in [6, 6.07) is 9.78. The third-order valence-corrected chi connectivity index (χ3v) is 6.75. The van der Waals surface area contributed by atoms with E-state index in [1.54, 1.807) is 30.3 Å². The van der Waals surface area contributed by atoms with E-state index < -0.39 is 15.9 Å². The van der Waals surface area contributed by atoms with Gasteiger partial charge in [-0.05, 0) is 56.2 Å². The van der Waals surface area contributed by atoms with Crippen LogP contribution in [0.25, 0.3) is 0 Å². The first kappa shape index (κ1) is 20.7. The van der Waals surface area contributed by atoms with Crippen LogP contribution >= 0.6 is 11.6 Å². The van der Waals surface area contributed by atoms with Gasteiger partial charge in [-0.25, -0.2) is 0 Å². The highest BCUT2D eigenvalue weighted by molar-refractivity contribution is 7.90. The largest absolute Gasteiger partial charge is 0.494 e. The second-order valence-corrected chi connectivity index (χ2v) is 9.14. The van der Waals surface area contributed by atoms with E-state index in [0.29, 0.717) is 42.5 Å². The molecule has 0 aromatic heterocycles. The van der Waals surface area contributed by atoms with Crippen LogP contribution < -0.4 is 15.0 Å². The Morgan fingerprint density at radius 3 is 2.70 bits per heavy atom. The zero-order chi connectivity index (χ0) is 21.3. The van der Waals surface area contributed by atoms with Crippen molar-refractivity contribution in [2.45, 2.75) is 37.5 Å². The van der Waals surface area contributed by atoms with E-state index in [1.807, 2.05) is 11.8 Å². The molecule has 1 saturated heterocycles. The van der Waals surface area contributed by atoms with Crippen LogP contribution in [0.1, 0.15) is 43.0 Å². The molecule has 0 aliphatic carbocycles. The molecule has 2 aromatic rings. The van der Waals surface area contributed by atoms with Crippen LogP contribution in [0.2, 0.25) is 5.02 Å². The van der Waals surface area contributed by atoms with E-state index >= 15 is 0 Å². The maximum Gasteiger partial charge on any atom is 0.286 e. The second kappa shape index (κ2) is 8.28. The van der Waals surface area contributed by atoms with Crippen LogP contribution in [0.5, 0.6) is 5.75 Å². The number of rotatable bonds is 4. The minimum atomic E-state index is -3.90. The van der Waals surface area contributed by atoms with Crippen molar-refractivity contribution in [2.75, 3.05) is 23.4 Å². The summed E-state index contributed by atoms with van der Waals surface area (Å²) in [4.78, 5) is 14.7. The Kier molecular flexibility index (Phi) is 5.71. The summed E-state index contributed by atoms with van der Waals surface area (Å²) in [7, 11) is -3.90. The zero-order valence-electron chi connectivity index (χ0n) is 16.5. The van der Waals surface area contributed by atoms with E-state index in [4.69, 9.17) is 16.3 Å². The topological polar surface area (TPSA) is 88.1 Å². The Hall–Kier alpha value is -2.58. The normalized spacial score (nSPS) is 17.3. The van der Waals surface area contributed by atoms with Crippen LogP contribution in [0.3, 0.4) is 0 Å². The third kappa shape index (κ3) is 4.02. The second-order valence-electron chi connectivity index (χ2n) is 7.16. The number of hydrogen-bond acceptors (Lipinski definition) is 5. The van der Waals surface area contributed by atoms with Crippen molar-refractivity contribution in [2.24, 2.45) is 4.40 Å². The molecule has 30 heavy (non-hydrogen) atoms. The number of carbonyl (C=O) groups is 1. The molecule has 0 radical (unpaired) electrons. The van der Waals surface area contributed by atoms with Gasteiger partial charge in [0.05, 0.1) is 22.9 Å². The number of hydrogen-bond donors (Lipinski definition) is 1. The number of carbonyl (C=O) groups excluding carboxylic acids is 1. The molecule has 2 aliphatic rings. The summed E-state index contributed by atoms with van der Waals surface area (Å²) in [5.74, 6) is 0.745. The van der Waals surface area contributed by atoms with Crippen molar-refractivity contribution in [3.05, 3.63) is 47.0 Å². The number of fused-ring (bicyclic) bond motifs is 3. The van der Waals surface area contributed by atoms with Crippen molar-refractivity contribution in [1.82, 2.24) is 0 Å². The smallest absolute Gasteiger partial charge is 0.286 e. The Morgan fingerprint density at radius 1 is 1.20 bits per heavy atom. The highest BCUT2D eigenvalue weighted by Gasteiger charge is 2.33. The molecule has 1 fully saturated rings. The summed E-state index contributed by atoms with van der Waals surface area (Å²) >= 11 is 6.41. The molecular formula is C21H22ClN3O4S. The monoisotopic (exact) mass is 447 g/mol. The van der Waals surface area contributed by atoms with Crippen LogP contribution in [-0.4, -0.2) is 33.3 Å². The molecule has 7 nitrogen and oxygen atoms in total. The minimum Gasteiger partial charge on any atom is -0.494 e. The first-order valence-electron chi connectivity index (χ1n) is 9.88. The molecule has 0 bridgehead atoms. The number of anilines is 2. The van der Waals surface area contributed by atoms with E-state index in [9.17, 15) is 13.2 Å². The molecule has 1 N–H and O–H groups in total. The average Bonchev–Trinajstić information content (AvgIpc) is 2.94. The average molecular weight is 448 g/mol. The molecule has 1 amide bonds. The van der Waals surface area contributed by atoms with E-state index in [1.165, 1.54) is 6.07 Å². The van der Waals surface area contributed by atoms with Crippen LogP contribution in [0.15, 0.2) is 45.7 Å². The molecule has 0 unspecified atom stereocenters. The molecule has 9 heteroatoms. The van der Waals surface area contributed by atoms with Crippen molar-refractivity contribution < 1.29 is 17.9 Å². The zero-order valence-corrected chi connectivity index (χ0v) is 18.1. The van der Waals surface area contributed by atoms with E-state index in [0.717, 1.165) is 19.3 Å². The van der Waals surface area contributed by atoms with Gasteiger partial charge < -0.3 is 15.0 Å². The van der Waals surface area contributed by atoms with E-state index in [-0.39, 0.29) is 15.5 Å². The van der Waals surface area contributed by atoms with Gasteiger partial charge in [-0.2, -0.15) is 8.42 Å². The lowest BCUT2D eigenvalue weighted by atomic mass is 10.1. The number of sulfonamides is 1. The molecule has 0 saturated carbocycles. The summed E-state index contributed by atoms with van der Waals surface area (Å²) in [5, 5.41) is 2.94. The number of nitrogens with one attached hydrogen (secondary N) is 1. The lowest BCUT2D eigenvalue weighted by Gasteiger charge is -2.30. The van der Waals surface area contributed by atoms with E-state index in [2.05, 4.69) is 9.71 Å². The first-order chi connectivity index (χ1) is 14.4. The quantitative estimate of drug-likeness (QED) is 0.746. The van der Waals surface area contributed by atoms with Gasteiger partial charge in [0.15, 0.2) is 0 Å². The van der Waals surface area contributed by atoms with Gasteiger partial charge in [-0.15, -0.1) is 4.40 Å².